The number of hydrogen-bond acceptors (Lipinski definition) is 4. The Bertz CT molecular complexity index is 328. The van der Waals surface area contributed by atoms with Crippen LogP contribution in [0.4, 0.5) is 0 Å². The van der Waals surface area contributed by atoms with Gasteiger partial charge in [-0.05, 0) is 33.2 Å². The molecule has 0 bridgehead atoms. The quantitative estimate of drug-likeness (QED) is 0.448. The van der Waals surface area contributed by atoms with Crippen molar-refractivity contribution in [2.75, 3.05) is 6.54 Å². The number of nitrogens with one attached hydrogen (secondary N) is 2. The van der Waals surface area contributed by atoms with Gasteiger partial charge in [0.15, 0.2) is 0 Å². The van der Waals surface area contributed by atoms with Gasteiger partial charge in [0, 0.05) is 6.92 Å². The second kappa shape index (κ2) is 6.95. The summed E-state index contributed by atoms with van der Waals surface area (Å²) in [5, 5.41) is 5.02. The number of amides is 3. The fourth-order valence-corrected chi connectivity index (χ4v) is 1.29. The molecule has 0 heterocycles. The second-order valence-electron chi connectivity index (χ2n) is 4.66. The molecule has 0 rings (SSSR count). The third-order valence-corrected chi connectivity index (χ3v) is 2.44. The van der Waals surface area contributed by atoms with Crippen LogP contribution in [-0.2, 0) is 14.4 Å². The lowest BCUT2D eigenvalue weighted by atomic mass is 10.0. The van der Waals surface area contributed by atoms with Crippen molar-refractivity contribution in [3.63, 3.8) is 0 Å². The minimum Gasteiger partial charge on any atom is -0.368 e. The lowest BCUT2D eigenvalue weighted by Gasteiger charge is -2.26. The topological polar surface area (TPSA) is 127 Å². The van der Waals surface area contributed by atoms with Crippen LogP contribution in [-0.4, -0.2) is 35.8 Å². The minimum atomic E-state index is -1.16. The van der Waals surface area contributed by atoms with Crippen molar-refractivity contribution in [1.29, 1.82) is 0 Å². The first-order valence-corrected chi connectivity index (χ1v) is 5.79. The van der Waals surface area contributed by atoms with Gasteiger partial charge in [-0.15, -0.1) is 0 Å². The Hall–Kier alpha value is -1.63. The van der Waals surface area contributed by atoms with Crippen LogP contribution in [0.3, 0.4) is 0 Å². The van der Waals surface area contributed by atoms with Crippen molar-refractivity contribution in [3.8, 4) is 0 Å². The van der Waals surface area contributed by atoms with Gasteiger partial charge < -0.3 is 22.1 Å². The molecule has 0 aliphatic carbocycles. The number of nitrogens with two attached hydrogens (primary N) is 2. The third-order valence-electron chi connectivity index (χ3n) is 2.44. The van der Waals surface area contributed by atoms with Crippen LogP contribution in [0.15, 0.2) is 0 Å². The summed E-state index contributed by atoms with van der Waals surface area (Å²) in [6.07, 6.45) is 1.01. The average molecular weight is 258 g/mol. The fourth-order valence-electron chi connectivity index (χ4n) is 1.29. The van der Waals surface area contributed by atoms with Gasteiger partial charge in [0.25, 0.3) is 0 Å². The monoisotopic (exact) mass is 258 g/mol. The molecule has 0 aromatic carbocycles. The highest BCUT2D eigenvalue weighted by atomic mass is 16.2. The molecule has 0 spiro atoms. The SMILES string of the molecule is CC(=O)N[C@H](CCCN)C(=O)NC(C)(C)C(N)=O. The van der Waals surface area contributed by atoms with Crippen molar-refractivity contribution >= 4 is 17.7 Å². The zero-order chi connectivity index (χ0) is 14.3. The van der Waals surface area contributed by atoms with Gasteiger partial charge in [-0.3, -0.25) is 14.4 Å². The molecule has 0 aromatic heterocycles. The summed E-state index contributed by atoms with van der Waals surface area (Å²) in [5.41, 5.74) is 9.37. The zero-order valence-corrected chi connectivity index (χ0v) is 11.1. The smallest absolute Gasteiger partial charge is 0.243 e. The van der Waals surface area contributed by atoms with Gasteiger partial charge >= 0.3 is 0 Å². The van der Waals surface area contributed by atoms with E-state index >= 15 is 0 Å². The summed E-state index contributed by atoms with van der Waals surface area (Å²) in [6, 6.07) is -0.704. The molecule has 18 heavy (non-hydrogen) atoms. The minimum absolute atomic E-state index is 0.316. The first-order chi connectivity index (χ1) is 8.20. The molecule has 104 valence electrons. The maximum Gasteiger partial charge on any atom is 0.243 e. The Morgan fingerprint density at radius 2 is 1.83 bits per heavy atom. The standard InChI is InChI=1S/C11H22N4O3/c1-7(16)14-8(5-4-6-12)9(17)15-11(2,3)10(13)18/h8H,4-6,12H2,1-3H3,(H2,13,18)(H,14,16)(H,15,17)/t8-/m1/s1. The largest absolute Gasteiger partial charge is 0.368 e. The van der Waals surface area contributed by atoms with Gasteiger partial charge in [-0.25, -0.2) is 0 Å². The summed E-state index contributed by atoms with van der Waals surface area (Å²) in [7, 11) is 0. The summed E-state index contributed by atoms with van der Waals surface area (Å²) in [5.74, 6) is -1.40. The van der Waals surface area contributed by atoms with Crippen LogP contribution >= 0.6 is 0 Å². The number of primary amides is 1. The van der Waals surface area contributed by atoms with E-state index in [1.54, 1.807) is 0 Å². The second-order valence-corrected chi connectivity index (χ2v) is 4.66. The zero-order valence-electron chi connectivity index (χ0n) is 11.1. The van der Waals surface area contributed by atoms with E-state index in [0.717, 1.165) is 0 Å². The van der Waals surface area contributed by atoms with E-state index in [1.807, 2.05) is 0 Å². The first kappa shape index (κ1) is 16.4. The highest BCUT2D eigenvalue weighted by Gasteiger charge is 2.30. The number of carbonyl (C=O) groups excluding carboxylic acids is 3. The van der Waals surface area contributed by atoms with Crippen LogP contribution in [0.1, 0.15) is 33.6 Å². The van der Waals surface area contributed by atoms with Crippen LogP contribution < -0.4 is 22.1 Å². The number of hydrogen-bond donors (Lipinski definition) is 4. The normalized spacial score (nSPS) is 12.7. The molecule has 7 nitrogen and oxygen atoms in total. The molecule has 1 atom stereocenters. The highest BCUT2D eigenvalue weighted by molar-refractivity contribution is 5.93. The predicted molar refractivity (Wildman–Crippen MR) is 67.3 cm³/mol. The van der Waals surface area contributed by atoms with Crippen LogP contribution in [0.2, 0.25) is 0 Å². The van der Waals surface area contributed by atoms with E-state index in [4.69, 9.17) is 11.5 Å². The summed E-state index contributed by atoms with van der Waals surface area (Å²) in [4.78, 5) is 34.1. The van der Waals surface area contributed by atoms with Gasteiger partial charge in [0.1, 0.15) is 11.6 Å². The Labute approximate surface area is 107 Å². The van der Waals surface area contributed by atoms with E-state index in [2.05, 4.69) is 10.6 Å². The van der Waals surface area contributed by atoms with Gasteiger partial charge in [0.05, 0.1) is 0 Å². The lowest BCUT2D eigenvalue weighted by molar-refractivity contribution is -0.133. The average Bonchev–Trinajstić information content (AvgIpc) is 2.22. The summed E-state index contributed by atoms with van der Waals surface area (Å²) >= 11 is 0. The van der Waals surface area contributed by atoms with E-state index in [0.29, 0.717) is 19.4 Å². The highest BCUT2D eigenvalue weighted by Crippen LogP contribution is 2.04. The van der Waals surface area contributed by atoms with Crippen LogP contribution in [0.5, 0.6) is 0 Å². The molecular weight excluding hydrogens is 236 g/mol. The van der Waals surface area contributed by atoms with E-state index in [9.17, 15) is 14.4 Å². The van der Waals surface area contributed by atoms with E-state index < -0.39 is 23.4 Å². The molecule has 7 heteroatoms. The Morgan fingerprint density at radius 1 is 1.28 bits per heavy atom. The van der Waals surface area contributed by atoms with E-state index in [-0.39, 0.29) is 5.91 Å². The molecule has 0 radical (unpaired) electrons. The molecule has 6 N–H and O–H groups in total. The van der Waals surface area contributed by atoms with Gasteiger partial charge in [-0.1, -0.05) is 0 Å². The van der Waals surface area contributed by atoms with Crippen molar-refractivity contribution in [2.45, 2.75) is 45.2 Å². The first-order valence-electron chi connectivity index (χ1n) is 5.79. The van der Waals surface area contributed by atoms with E-state index in [1.165, 1.54) is 20.8 Å². The maximum atomic E-state index is 11.9. The van der Waals surface area contributed by atoms with Crippen molar-refractivity contribution in [3.05, 3.63) is 0 Å². The molecule has 0 saturated heterocycles. The summed E-state index contributed by atoms with van der Waals surface area (Å²) < 4.78 is 0. The molecule has 0 fully saturated rings. The van der Waals surface area contributed by atoms with Crippen LogP contribution in [0.25, 0.3) is 0 Å². The van der Waals surface area contributed by atoms with Gasteiger partial charge in [-0.2, -0.15) is 0 Å². The van der Waals surface area contributed by atoms with Crippen molar-refractivity contribution in [2.24, 2.45) is 11.5 Å². The molecule has 0 aliphatic rings. The molecule has 0 saturated carbocycles. The molecule has 0 aliphatic heterocycles. The molecule has 0 unspecified atom stereocenters. The lowest BCUT2D eigenvalue weighted by Crippen LogP contribution is -2.58. The number of rotatable bonds is 7. The Morgan fingerprint density at radius 3 is 2.22 bits per heavy atom. The number of carbonyl (C=O) groups is 3. The van der Waals surface area contributed by atoms with Gasteiger partial charge in [0.2, 0.25) is 17.7 Å². The van der Waals surface area contributed by atoms with Crippen molar-refractivity contribution < 1.29 is 14.4 Å². The molecule has 3 amide bonds. The molecule has 0 aromatic rings. The maximum absolute atomic E-state index is 11.9. The molecular formula is C11H22N4O3. The third kappa shape index (κ3) is 5.62. The van der Waals surface area contributed by atoms with Crippen molar-refractivity contribution in [1.82, 2.24) is 10.6 Å². The summed E-state index contributed by atoms with van der Waals surface area (Å²) in [6.45, 7) is 4.74. The Kier molecular flexibility index (Phi) is 6.32. The Balaban J connectivity index is 4.64. The fraction of sp³-hybridized carbons (Fsp3) is 0.727. The predicted octanol–water partition coefficient (Wildman–Crippen LogP) is -1.39. The van der Waals surface area contributed by atoms with Crippen LogP contribution in [0, 0.1) is 0 Å².